The van der Waals surface area contributed by atoms with Crippen LogP contribution >= 0.6 is 0 Å². The van der Waals surface area contributed by atoms with E-state index in [2.05, 4.69) is 0 Å². The zero-order chi connectivity index (χ0) is 15.3. The van der Waals surface area contributed by atoms with E-state index in [9.17, 15) is 14.7 Å². The average molecular weight is 281 g/mol. The van der Waals surface area contributed by atoms with E-state index in [0.717, 1.165) is 0 Å². The number of aliphatic carboxylic acids is 1. The molecule has 1 fully saturated rings. The number of nitriles is 1. The third-order valence-electron chi connectivity index (χ3n) is 4.09. The third-order valence-corrected chi connectivity index (χ3v) is 4.09. The van der Waals surface area contributed by atoms with E-state index in [0.29, 0.717) is 25.9 Å². The van der Waals surface area contributed by atoms with Gasteiger partial charge in [0.1, 0.15) is 0 Å². The maximum atomic E-state index is 12.5. The fourth-order valence-electron chi connectivity index (χ4n) is 2.58. The molecule has 1 saturated heterocycles. The van der Waals surface area contributed by atoms with E-state index in [4.69, 9.17) is 5.26 Å². The Morgan fingerprint density at radius 2 is 2.15 bits per heavy atom. The number of rotatable bonds is 5. The van der Waals surface area contributed by atoms with Crippen LogP contribution in [0.5, 0.6) is 0 Å². The normalized spacial score (nSPS) is 21.9. The molecule has 1 aliphatic heterocycles. The van der Waals surface area contributed by atoms with Crippen molar-refractivity contribution in [3.05, 3.63) is 0 Å². The molecule has 6 nitrogen and oxygen atoms in total. The summed E-state index contributed by atoms with van der Waals surface area (Å²) in [5, 5.41) is 18.0. The van der Waals surface area contributed by atoms with Gasteiger partial charge < -0.3 is 14.9 Å². The summed E-state index contributed by atoms with van der Waals surface area (Å²) in [7, 11) is 0. The van der Waals surface area contributed by atoms with Crippen molar-refractivity contribution in [2.45, 2.75) is 46.1 Å². The van der Waals surface area contributed by atoms with E-state index in [1.807, 2.05) is 26.8 Å². The molecule has 0 aliphatic carbocycles. The van der Waals surface area contributed by atoms with Gasteiger partial charge in [0.05, 0.1) is 17.9 Å². The highest BCUT2D eigenvalue weighted by Crippen LogP contribution is 2.34. The molecule has 112 valence electrons. The van der Waals surface area contributed by atoms with Crippen LogP contribution in [0.1, 0.15) is 40.0 Å². The molecule has 1 rings (SSSR count). The van der Waals surface area contributed by atoms with Crippen LogP contribution in [0.4, 0.5) is 4.79 Å². The van der Waals surface area contributed by atoms with Crippen LogP contribution in [0, 0.1) is 16.7 Å². The molecule has 1 N–H and O–H groups in total. The summed E-state index contributed by atoms with van der Waals surface area (Å²) in [6.45, 7) is 6.75. The van der Waals surface area contributed by atoms with Crippen molar-refractivity contribution in [2.75, 3.05) is 19.6 Å². The first kappa shape index (κ1) is 16.3. The van der Waals surface area contributed by atoms with Crippen molar-refractivity contribution in [3.8, 4) is 6.07 Å². The van der Waals surface area contributed by atoms with Gasteiger partial charge in [0.2, 0.25) is 0 Å². The van der Waals surface area contributed by atoms with Crippen molar-refractivity contribution >= 4 is 12.0 Å². The summed E-state index contributed by atoms with van der Waals surface area (Å²) < 4.78 is 0. The van der Waals surface area contributed by atoms with E-state index < -0.39 is 11.4 Å². The highest BCUT2D eigenvalue weighted by molar-refractivity contribution is 5.80. The van der Waals surface area contributed by atoms with Crippen molar-refractivity contribution < 1.29 is 14.7 Å². The van der Waals surface area contributed by atoms with Gasteiger partial charge in [0.15, 0.2) is 0 Å². The molecule has 1 atom stereocenters. The summed E-state index contributed by atoms with van der Waals surface area (Å²) in [6.07, 6.45) is 1.30. The van der Waals surface area contributed by atoms with Gasteiger partial charge in [-0.15, -0.1) is 0 Å². The zero-order valence-electron chi connectivity index (χ0n) is 12.4. The Morgan fingerprint density at radius 3 is 2.55 bits per heavy atom. The number of likely N-dealkylation sites (tertiary alicyclic amines) is 1. The molecule has 0 spiro atoms. The summed E-state index contributed by atoms with van der Waals surface area (Å²) in [4.78, 5) is 27.1. The van der Waals surface area contributed by atoms with Gasteiger partial charge in [-0.05, 0) is 26.7 Å². The molecule has 1 unspecified atom stereocenters. The molecule has 0 aromatic carbocycles. The predicted octanol–water partition coefficient (Wildman–Crippen LogP) is 1.92. The summed E-state index contributed by atoms with van der Waals surface area (Å²) in [5.74, 6) is -0.830. The Bertz CT molecular complexity index is 416. The second kappa shape index (κ2) is 6.60. The topological polar surface area (TPSA) is 84.6 Å². The first-order valence-corrected chi connectivity index (χ1v) is 7.04. The maximum absolute atomic E-state index is 12.5. The molecule has 0 bridgehead atoms. The van der Waals surface area contributed by atoms with Gasteiger partial charge in [-0.1, -0.05) is 6.92 Å². The Balaban J connectivity index is 2.78. The number of urea groups is 1. The van der Waals surface area contributed by atoms with Gasteiger partial charge in [-0.2, -0.15) is 5.26 Å². The number of hydrogen-bond acceptors (Lipinski definition) is 3. The lowest BCUT2D eigenvalue weighted by Crippen LogP contribution is -2.47. The lowest BCUT2D eigenvalue weighted by atomic mass is 9.84. The van der Waals surface area contributed by atoms with Crippen LogP contribution in [-0.4, -0.2) is 52.6 Å². The predicted molar refractivity (Wildman–Crippen MR) is 74.0 cm³/mol. The molecule has 1 aliphatic rings. The number of carbonyl (C=O) groups excluding carboxylic acids is 1. The Hall–Kier alpha value is -1.77. The minimum Gasteiger partial charge on any atom is -0.481 e. The molecule has 1 heterocycles. The first-order valence-electron chi connectivity index (χ1n) is 7.04. The minimum atomic E-state index is -0.830. The number of carboxylic acid groups (broad SMARTS) is 1. The molecule has 20 heavy (non-hydrogen) atoms. The van der Waals surface area contributed by atoms with Gasteiger partial charge in [0.25, 0.3) is 0 Å². The number of carboxylic acids is 1. The number of hydrogen-bond donors (Lipinski definition) is 1. The molecule has 0 saturated carbocycles. The smallest absolute Gasteiger partial charge is 0.320 e. The van der Waals surface area contributed by atoms with Crippen molar-refractivity contribution in [2.24, 2.45) is 5.41 Å². The fourth-order valence-corrected chi connectivity index (χ4v) is 2.58. The first-order chi connectivity index (χ1) is 9.38. The molecular formula is C14H23N3O3. The number of nitrogens with zero attached hydrogens (tertiary/aromatic N) is 3. The molecular weight excluding hydrogens is 258 g/mol. The van der Waals surface area contributed by atoms with E-state index in [-0.39, 0.29) is 25.0 Å². The molecule has 2 amide bonds. The van der Waals surface area contributed by atoms with Crippen LogP contribution in [0.25, 0.3) is 0 Å². The van der Waals surface area contributed by atoms with Gasteiger partial charge in [-0.3, -0.25) is 4.79 Å². The van der Waals surface area contributed by atoms with Crippen molar-refractivity contribution in [1.82, 2.24) is 9.80 Å². The van der Waals surface area contributed by atoms with Crippen LogP contribution < -0.4 is 0 Å². The largest absolute Gasteiger partial charge is 0.481 e. The Morgan fingerprint density at radius 1 is 1.50 bits per heavy atom. The van der Waals surface area contributed by atoms with Gasteiger partial charge >= 0.3 is 12.0 Å². The van der Waals surface area contributed by atoms with Crippen LogP contribution in [0.3, 0.4) is 0 Å². The lowest BCUT2D eigenvalue weighted by Gasteiger charge is -2.31. The molecule has 0 aromatic heterocycles. The van der Waals surface area contributed by atoms with E-state index in [1.165, 1.54) is 0 Å². The van der Waals surface area contributed by atoms with Crippen LogP contribution in [0.15, 0.2) is 0 Å². The highest BCUT2D eigenvalue weighted by atomic mass is 16.4. The zero-order valence-corrected chi connectivity index (χ0v) is 12.4. The van der Waals surface area contributed by atoms with Crippen molar-refractivity contribution in [1.29, 1.82) is 5.26 Å². The summed E-state index contributed by atoms with van der Waals surface area (Å²) in [5.41, 5.74) is -0.812. The molecule has 6 heteroatoms. The maximum Gasteiger partial charge on any atom is 0.320 e. The highest BCUT2D eigenvalue weighted by Gasteiger charge is 2.45. The summed E-state index contributed by atoms with van der Waals surface area (Å²) in [6, 6.07) is 1.87. The third kappa shape index (κ3) is 3.21. The number of amides is 2. The van der Waals surface area contributed by atoms with Crippen molar-refractivity contribution in [3.63, 3.8) is 0 Å². The Labute approximate surface area is 120 Å². The fraction of sp³-hybridized carbons (Fsp3) is 0.786. The molecule has 0 radical (unpaired) electrons. The van der Waals surface area contributed by atoms with Crippen LogP contribution in [0.2, 0.25) is 0 Å². The van der Waals surface area contributed by atoms with Gasteiger partial charge in [0, 0.05) is 25.7 Å². The average Bonchev–Trinajstić information content (AvgIpc) is 2.84. The SMILES string of the molecule is CCC1(C(=O)O)CCN(C(=O)N(CCC#N)C(C)C)C1. The number of carbonyl (C=O) groups is 2. The van der Waals surface area contributed by atoms with E-state index >= 15 is 0 Å². The standard InChI is InChI=1S/C14H23N3O3/c1-4-14(12(18)19)6-9-16(10-14)13(20)17(11(2)3)8-5-7-15/h11H,4-6,8-10H2,1-3H3,(H,18,19). The monoisotopic (exact) mass is 281 g/mol. The lowest BCUT2D eigenvalue weighted by molar-refractivity contribution is -0.148. The Kier molecular flexibility index (Phi) is 5.37. The second-order valence-corrected chi connectivity index (χ2v) is 5.59. The second-order valence-electron chi connectivity index (χ2n) is 5.59. The quantitative estimate of drug-likeness (QED) is 0.834. The van der Waals surface area contributed by atoms with Crippen LogP contribution in [-0.2, 0) is 4.79 Å². The minimum absolute atomic E-state index is 0.00250. The molecule has 0 aromatic rings. The summed E-state index contributed by atoms with van der Waals surface area (Å²) >= 11 is 0. The van der Waals surface area contributed by atoms with Gasteiger partial charge in [-0.25, -0.2) is 4.79 Å². The van der Waals surface area contributed by atoms with E-state index in [1.54, 1.807) is 9.80 Å².